The van der Waals surface area contributed by atoms with Crippen molar-refractivity contribution < 1.29 is 23.0 Å². The Balaban J connectivity index is 2.22. The van der Waals surface area contributed by atoms with E-state index in [2.05, 4.69) is 4.74 Å². The molecule has 0 saturated carbocycles. The lowest BCUT2D eigenvalue weighted by Gasteiger charge is -2.24. The van der Waals surface area contributed by atoms with Gasteiger partial charge in [0.05, 0.1) is 7.11 Å². The van der Waals surface area contributed by atoms with Gasteiger partial charge < -0.3 is 9.47 Å². The molecule has 0 spiro atoms. The summed E-state index contributed by atoms with van der Waals surface area (Å²) >= 11 is 0. The molecule has 1 aromatic rings. The van der Waals surface area contributed by atoms with Crippen LogP contribution in [0, 0.1) is 0 Å². The minimum atomic E-state index is -3.20. The van der Waals surface area contributed by atoms with Gasteiger partial charge in [0.1, 0.15) is 5.75 Å². The number of ether oxygens (including phenoxy) is 2. The number of para-hydroxylation sites is 1. The van der Waals surface area contributed by atoms with Gasteiger partial charge in [-0.2, -0.15) is 8.78 Å². The predicted octanol–water partition coefficient (Wildman–Crippen LogP) is 2.83. The summed E-state index contributed by atoms with van der Waals surface area (Å²) in [4.78, 5) is 11.0. The number of benzene rings is 1. The fourth-order valence-electron chi connectivity index (χ4n) is 1.68. The number of cyclic esters (lactones) is 1. The lowest BCUT2D eigenvalue weighted by Crippen LogP contribution is -2.37. The summed E-state index contributed by atoms with van der Waals surface area (Å²) in [7, 11) is 1.49. The van der Waals surface area contributed by atoms with Gasteiger partial charge in [-0.15, -0.1) is 0 Å². The van der Waals surface area contributed by atoms with Crippen molar-refractivity contribution in [2.75, 3.05) is 7.11 Å². The quantitative estimate of drug-likeness (QED) is 0.789. The molecule has 0 N–H and O–H groups in total. The molecule has 0 bridgehead atoms. The van der Waals surface area contributed by atoms with Gasteiger partial charge in [0.2, 0.25) is 0 Å². The Bertz CT molecular complexity index is 535. The third kappa shape index (κ3) is 2.99. The number of halogens is 2. The Morgan fingerprint density at radius 1 is 1.37 bits per heavy atom. The number of methoxy groups -OCH3 is 1. The van der Waals surface area contributed by atoms with Crippen LogP contribution in [0.25, 0.3) is 6.08 Å². The molecule has 0 unspecified atom stereocenters. The number of alkyl halides is 2. The van der Waals surface area contributed by atoms with E-state index >= 15 is 0 Å². The molecule has 0 radical (unpaired) electrons. The number of carbonyl (C=O) groups excluding carboxylic acids is 1. The largest absolute Gasteiger partial charge is 0.496 e. The van der Waals surface area contributed by atoms with Crippen LogP contribution in [0.1, 0.15) is 5.56 Å². The van der Waals surface area contributed by atoms with Crippen LogP contribution in [0.3, 0.4) is 0 Å². The second kappa shape index (κ2) is 5.22. The van der Waals surface area contributed by atoms with Crippen LogP contribution in [0.4, 0.5) is 8.78 Å². The Hall–Kier alpha value is -2.17. The molecule has 5 heteroatoms. The highest BCUT2D eigenvalue weighted by Crippen LogP contribution is 2.29. The number of rotatable bonds is 3. The molecule has 0 aromatic heterocycles. The van der Waals surface area contributed by atoms with Crippen molar-refractivity contribution in [1.82, 2.24) is 0 Å². The molecular formula is C14H12F2O3. The first-order valence-electron chi connectivity index (χ1n) is 5.62. The van der Waals surface area contributed by atoms with Gasteiger partial charge in [0.25, 0.3) is 0 Å². The van der Waals surface area contributed by atoms with E-state index in [4.69, 9.17) is 4.74 Å². The van der Waals surface area contributed by atoms with E-state index in [1.165, 1.54) is 13.2 Å². The molecule has 0 amide bonds. The van der Waals surface area contributed by atoms with Crippen molar-refractivity contribution in [3.05, 3.63) is 48.1 Å². The van der Waals surface area contributed by atoms with E-state index in [-0.39, 0.29) is 0 Å². The van der Waals surface area contributed by atoms with Gasteiger partial charge in [-0.25, -0.2) is 4.79 Å². The van der Waals surface area contributed by atoms with Crippen molar-refractivity contribution in [2.45, 2.75) is 12.0 Å². The van der Waals surface area contributed by atoms with Crippen molar-refractivity contribution in [1.29, 1.82) is 0 Å². The van der Waals surface area contributed by atoms with Crippen LogP contribution >= 0.6 is 0 Å². The van der Waals surface area contributed by atoms with Crippen LogP contribution in [0.2, 0.25) is 0 Å². The lowest BCUT2D eigenvalue weighted by molar-refractivity contribution is -0.157. The monoisotopic (exact) mass is 266 g/mol. The highest BCUT2D eigenvalue weighted by molar-refractivity contribution is 5.83. The van der Waals surface area contributed by atoms with Crippen LogP contribution in [-0.4, -0.2) is 25.1 Å². The molecule has 1 aliphatic heterocycles. The molecule has 0 fully saturated rings. The molecule has 0 saturated heterocycles. The fraction of sp³-hybridized carbons (Fsp3) is 0.214. The van der Waals surface area contributed by atoms with Crippen LogP contribution < -0.4 is 4.74 Å². The molecule has 0 aliphatic carbocycles. The van der Waals surface area contributed by atoms with Crippen LogP contribution in [0.15, 0.2) is 42.5 Å². The molecule has 1 aromatic carbocycles. The summed E-state index contributed by atoms with van der Waals surface area (Å²) in [5, 5.41) is 0. The Morgan fingerprint density at radius 2 is 2.11 bits per heavy atom. The second-order valence-corrected chi connectivity index (χ2v) is 3.97. The predicted molar refractivity (Wildman–Crippen MR) is 66.0 cm³/mol. The van der Waals surface area contributed by atoms with Crippen molar-refractivity contribution >= 4 is 12.0 Å². The zero-order valence-corrected chi connectivity index (χ0v) is 10.2. The van der Waals surface area contributed by atoms with Crippen molar-refractivity contribution in [3.8, 4) is 5.75 Å². The third-order valence-electron chi connectivity index (χ3n) is 2.65. The minimum Gasteiger partial charge on any atom is -0.496 e. The summed E-state index contributed by atoms with van der Waals surface area (Å²) in [5.74, 6) is -3.42. The van der Waals surface area contributed by atoms with E-state index in [0.717, 1.165) is 12.2 Å². The van der Waals surface area contributed by atoms with Gasteiger partial charge in [-0.3, -0.25) is 0 Å². The lowest BCUT2D eigenvalue weighted by atomic mass is 10.1. The number of hydrogen-bond acceptors (Lipinski definition) is 3. The molecule has 3 nitrogen and oxygen atoms in total. The van der Waals surface area contributed by atoms with Crippen LogP contribution in [0.5, 0.6) is 5.75 Å². The highest BCUT2D eigenvalue weighted by Gasteiger charge is 2.41. The maximum atomic E-state index is 13.5. The molecule has 1 atom stereocenters. The summed E-state index contributed by atoms with van der Waals surface area (Å²) in [5.41, 5.74) is 0.631. The Morgan fingerprint density at radius 3 is 2.84 bits per heavy atom. The molecule has 1 aliphatic rings. The number of hydrogen-bond donors (Lipinski definition) is 0. The zero-order valence-electron chi connectivity index (χ0n) is 10.2. The van der Waals surface area contributed by atoms with Crippen molar-refractivity contribution in [3.63, 3.8) is 0 Å². The average Bonchev–Trinajstić information content (AvgIpc) is 2.40. The molecular weight excluding hydrogens is 254 g/mol. The SMILES string of the molecule is COc1ccccc1/C=C/[C@@H]1OC(=O)C=CC1(F)F. The Kier molecular flexibility index (Phi) is 3.64. The first kappa shape index (κ1) is 13.3. The van der Waals surface area contributed by atoms with E-state index in [0.29, 0.717) is 17.4 Å². The molecule has 2 rings (SSSR count). The van der Waals surface area contributed by atoms with Gasteiger partial charge in [0, 0.05) is 11.6 Å². The third-order valence-corrected chi connectivity index (χ3v) is 2.65. The van der Waals surface area contributed by atoms with Gasteiger partial charge in [0.15, 0.2) is 6.10 Å². The van der Waals surface area contributed by atoms with E-state index < -0.39 is 18.0 Å². The average molecular weight is 266 g/mol. The van der Waals surface area contributed by atoms with E-state index in [9.17, 15) is 13.6 Å². The maximum absolute atomic E-state index is 13.5. The normalized spacial score (nSPS) is 21.4. The maximum Gasteiger partial charge on any atom is 0.331 e. The summed E-state index contributed by atoms with van der Waals surface area (Å²) < 4.78 is 36.7. The summed E-state index contributed by atoms with van der Waals surface area (Å²) in [6.45, 7) is 0. The van der Waals surface area contributed by atoms with Gasteiger partial charge in [-0.05, 0) is 18.2 Å². The van der Waals surface area contributed by atoms with E-state index in [1.807, 2.05) is 0 Å². The fourth-order valence-corrected chi connectivity index (χ4v) is 1.68. The summed E-state index contributed by atoms with van der Waals surface area (Å²) in [6, 6.07) is 6.96. The number of carbonyl (C=O) groups is 1. The second-order valence-electron chi connectivity index (χ2n) is 3.97. The van der Waals surface area contributed by atoms with E-state index in [1.54, 1.807) is 24.3 Å². The Labute approximate surface area is 109 Å². The van der Waals surface area contributed by atoms with Crippen LogP contribution in [-0.2, 0) is 9.53 Å². The van der Waals surface area contributed by atoms with Gasteiger partial charge in [-0.1, -0.05) is 24.3 Å². The topological polar surface area (TPSA) is 35.5 Å². The first-order valence-corrected chi connectivity index (χ1v) is 5.62. The molecule has 100 valence electrons. The standard InChI is InChI=1S/C14H12F2O3/c1-18-11-5-3-2-4-10(11)6-7-12-14(15,16)9-8-13(17)19-12/h2-9,12H,1H3/b7-6+/t12-/m0/s1. The van der Waals surface area contributed by atoms with Crippen molar-refractivity contribution in [2.24, 2.45) is 0 Å². The number of esters is 1. The molecule has 1 heterocycles. The smallest absolute Gasteiger partial charge is 0.331 e. The molecule has 19 heavy (non-hydrogen) atoms. The zero-order chi connectivity index (χ0) is 13.9. The minimum absolute atomic E-state index is 0.552. The first-order chi connectivity index (χ1) is 9.03. The summed E-state index contributed by atoms with van der Waals surface area (Å²) in [6.07, 6.45) is 2.28. The highest BCUT2D eigenvalue weighted by atomic mass is 19.3. The van der Waals surface area contributed by atoms with Gasteiger partial charge >= 0.3 is 11.9 Å².